The fourth-order valence-electron chi connectivity index (χ4n) is 2.59. The molecule has 10 heteroatoms. The molecule has 0 bridgehead atoms. The van der Waals surface area contributed by atoms with Gasteiger partial charge in [-0.25, -0.2) is 14.0 Å². The number of carbonyl (C=O) groups excluding carboxylic acids is 2. The van der Waals surface area contributed by atoms with Gasteiger partial charge in [0.1, 0.15) is 11.5 Å². The summed E-state index contributed by atoms with van der Waals surface area (Å²) in [5.74, 6) is -2.18. The molecule has 0 atom stereocenters. The number of ether oxygens (including phenoxy) is 1. The smallest absolute Gasteiger partial charge is 0.341 e. The Bertz CT molecular complexity index is 1000. The topological polar surface area (TPSA) is 95.9 Å². The van der Waals surface area contributed by atoms with Crippen molar-refractivity contribution in [2.75, 3.05) is 6.61 Å². The molecule has 150 valence electrons. The molecule has 0 aromatic heterocycles. The number of imide groups is 1. The van der Waals surface area contributed by atoms with E-state index in [1.807, 2.05) is 0 Å². The van der Waals surface area contributed by atoms with Gasteiger partial charge in [-0.15, -0.1) is 0 Å². The van der Waals surface area contributed by atoms with Gasteiger partial charge in [-0.2, -0.15) is 0 Å². The van der Waals surface area contributed by atoms with E-state index in [9.17, 15) is 18.8 Å². The SMILES string of the molecule is O=C(O)COc1c(Cl)cc(C=C2NC(=O)N(Cc3ccc(F)cc3)C2=O)cc1Cl. The van der Waals surface area contributed by atoms with Crippen molar-refractivity contribution in [3.05, 3.63) is 69.1 Å². The number of rotatable bonds is 6. The molecule has 1 aliphatic rings. The summed E-state index contributed by atoms with van der Waals surface area (Å²) < 4.78 is 18.0. The van der Waals surface area contributed by atoms with Crippen molar-refractivity contribution in [2.24, 2.45) is 0 Å². The Morgan fingerprint density at radius 1 is 1.17 bits per heavy atom. The summed E-state index contributed by atoms with van der Waals surface area (Å²) >= 11 is 12.1. The van der Waals surface area contributed by atoms with Gasteiger partial charge in [-0.3, -0.25) is 9.69 Å². The normalized spacial score (nSPS) is 15.0. The number of halogens is 3. The molecule has 0 spiro atoms. The molecule has 1 heterocycles. The molecule has 2 aromatic rings. The zero-order chi connectivity index (χ0) is 21.1. The number of nitrogens with one attached hydrogen (secondary N) is 1. The highest BCUT2D eigenvalue weighted by molar-refractivity contribution is 6.37. The molecule has 3 rings (SSSR count). The average molecular weight is 439 g/mol. The van der Waals surface area contributed by atoms with Crippen LogP contribution in [0.5, 0.6) is 5.75 Å². The highest BCUT2D eigenvalue weighted by Gasteiger charge is 2.33. The van der Waals surface area contributed by atoms with Crippen LogP contribution in [0.15, 0.2) is 42.1 Å². The molecule has 1 fully saturated rings. The molecule has 1 saturated heterocycles. The van der Waals surface area contributed by atoms with Gasteiger partial charge >= 0.3 is 12.0 Å². The lowest BCUT2D eigenvalue weighted by Gasteiger charge is -2.11. The van der Waals surface area contributed by atoms with Crippen LogP contribution in [0.25, 0.3) is 6.08 Å². The van der Waals surface area contributed by atoms with Gasteiger partial charge in [0.15, 0.2) is 12.4 Å². The number of benzene rings is 2. The maximum Gasteiger partial charge on any atom is 0.341 e. The quantitative estimate of drug-likeness (QED) is 0.529. The number of carbonyl (C=O) groups is 3. The summed E-state index contributed by atoms with van der Waals surface area (Å²) in [7, 11) is 0. The lowest BCUT2D eigenvalue weighted by Crippen LogP contribution is -2.30. The highest BCUT2D eigenvalue weighted by atomic mass is 35.5. The second-order valence-electron chi connectivity index (χ2n) is 6.00. The van der Waals surface area contributed by atoms with Crippen molar-refractivity contribution in [1.82, 2.24) is 10.2 Å². The Balaban J connectivity index is 1.80. The van der Waals surface area contributed by atoms with Crippen molar-refractivity contribution in [3.63, 3.8) is 0 Å². The number of aliphatic carboxylic acids is 1. The third-order valence-electron chi connectivity index (χ3n) is 3.89. The summed E-state index contributed by atoms with van der Waals surface area (Å²) in [6.45, 7) is -0.640. The second kappa shape index (κ2) is 8.50. The molecular weight excluding hydrogens is 426 g/mol. The number of amides is 3. The second-order valence-corrected chi connectivity index (χ2v) is 6.82. The Kier molecular flexibility index (Phi) is 6.05. The molecule has 2 aromatic carbocycles. The number of hydrogen-bond donors (Lipinski definition) is 2. The van der Waals surface area contributed by atoms with Crippen LogP contribution in [0, 0.1) is 5.82 Å². The van der Waals surface area contributed by atoms with Crippen molar-refractivity contribution in [2.45, 2.75) is 6.54 Å². The highest BCUT2D eigenvalue weighted by Crippen LogP contribution is 2.35. The maximum absolute atomic E-state index is 13.0. The van der Waals surface area contributed by atoms with Crippen LogP contribution >= 0.6 is 23.2 Å². The molecule has 0 saturated carbocycles. The van der Waals surface area contributed by atoms with E-state index >= 15 is 0 Å². The molecule has 29 heavy (non-hydrogen) atoms. The third kappa shape index (κ3) is 4.85. The van der Waals surface area contributed by atoms with Gasteiger partial charge < -0.3 is 15.2 Å². The number of urea groups is 1. The zero-order valence-corrected chi connectivity index (χ0v) is 16.1. The monoisotopic (exact) mass is 438 g/mol. The summed E-state index contributed by atoms with van der Waals surface area (Å²) in [6, 6.07) is 7.65. The van der Waals surface area contributed by atoms with Crippen LogP contribution in [-0.4, -0.2) is 34.5 Å². The summed E-state index contributed by atoms with van der Waals surface area (Å²) in [5.41, 5.74) is 0.987. The predicted octanol–water partition coefficient (Wildman–Crippen LogP) is 3.69. The number of carboxylic acid groups (broad SMARTS) is 1. The first kappa shape index (κ1) is 20.6. The Hall–Kier alpha value is -3.10. The van der Waals surface area contributed by atoms with E-state index in [0.29, 0.717) is 11.1 Å². The Morgan fingerprint density at radius 3 is 2.38 bits per heavy atom. The van der Waals surface area contributed by atoms with E-state index in [1.54, 1.807) is 0 Å². The molecular formula is C19H13Cl2FN2O5. The average Bonchev–Trinajstić information content (AvgIpc) is 2.90. The fourth-order valence-corrected chi connectivity index (χ4v) is 3.20. The van der Waals surface area contributed by atoms with E-state index in [4.69, 9.17) is 33.0 Å². The Labute approximate surface area is 174 Å². The van der Waals surface area contributed by atoms with E-state index in [0.717, 1.165) is 4.90 Å². The third-order valence-corrected chi connectivity index (χ3v) is 4.45. The molecule has 0 aliphatic carbocycles. The number of carboxylic acids is 1. The molecule has 1 aliphatic heterocycles. The van der Waals surface area contributed by atoms with Crippen LogP contribution < -0.4 is 10.1 Å². The molecule has 7 nitrogen and oxygen atoms in total. The van der Waals surface area contributed by atoms with Crippen LogP contribution in [-0.2, 0) is 16.1 Å². The van der Waals surface area contributed by atoms with Gasteiger partial charge in [-0.1, -0.05) is 35.3 Å². The Morgan fingerprint density at radius 2 is 1.79 bits per heavy atom. The van der Waals surface area contributed by atoms with Crippen molar-refractivity contribution >= 4 is 47.2 Å². The first-order valence-electron chi connectivity index (χ1n) is 8.17. The summed E-state index contributed by atoms with van der Waals surface area (Å²) in [4.78, 5) is 36.3. The van der Waals surface area contributed by atoms with Crippen LogP contribution in [0.3, 0.4) is 0 Å². The van der Waals surface area contributed by atoms with Crippen LogP contribution in [0.1, 0.15) is 11.1 Å². The van der Waals surface area contributed by atoms with E-state index in [1.165, 1.54) is 42.5 Å². The minimum Gasteiger partial charge on any atom is -0.479 e. The van der Waals surface area contributed by atoms with E-state index in [2.05, 4.69) is 5.32 Å². The first-order valence-corrected chi connectivity index (χ1v) is 8.93. The fraction of sp³-hybridized carbons (Fsp3) is 0.105. The van der Waals surface area contributed by atoms with E-state index < -0.39 is 30.3 Å². The molecule has 2 N–H and O–H groups in total. The van der Waals surface area contributed by atoms with Crippen LogP contribution in [0.2, 0.25) is 10.0 Å². The molecule has 3 amide bonds. The van der Waals surface area contributed by atoms with Crippen molar-refractivity contribution < 1.29 is 28.6 Å². The molecule has 0 radical (unpaired) electrons. The minimum absolute atomic E-state index is 0.00222. The standard InChI is InChI=1S/C19H13Cl2FN2O5/c20-13-5-11(6-14(21)17(13)29-9-16(25)26)7-15-18(27)24(19(28)23-15)8-10-1-3-12(22)4-2-10/h1-7H,8-9H2,(H,23,28)(H,25,26). The van der Waals surface area contributed by atoms with Gasteiger partial charge in [0.25, 0.3) is 5.91 Å². The predicted molar refractivity (Wildman–Crippen MR) is 103 cm³/mol. The lowest BCUT2D eigenvalue weighted by molar-refractivity contribution is -0.139. The van der Waals surface area contributed by atoms with E-state index in [-0.39, 0.29) is 28.0 Å². The van der Waals surface area contributed by atoms with Crippen molar-refractivity contribution in [3.8, 4) is 5.75 Å². The van der Waals surface area contributed by atoms with Gasteiger partial charge in [0, 0.05) is 0 Å². The zero-order valence-electron chi connectivity index (χ0n) is 14.6. The van der Waals surface area contributed by atoms with Gasteiger partial charge in [0.2, 0.25) is 0 Å². The summed E-state index contributed by atoms with van der Waals surface area (Å²) in [6.07, 6.45) is 1.38. The maximum atomic E-state index is 13.0. The first-order chi connectivity index (χ1) is 13.7. The summed E-state index contributed by atoms with van der Waals surface area (Å²) in [5, 5.41) is 11.2. The number of nitrogens with zero attached hydrogens (tertiary/aromatic N) is 1. The largest absolute Gasteiger partial charge is 0.479 e. The lowest BCUT2D eigenvalue weighted by atomic mass is 10.1. The van der Waals surface area contributed by atoms with Gasteiger partial charge in [-0.05, 0) is 41.5 Å². The number of hydrogen-bond acceptors (Lipinski definition) is 4. The minimum atomic E-state index is -1.19. The van der Waals surface area contributed by atoms with Gasteiger partial charge in [0.05, 0.1) is 16.6 Å². The van der Waals surface area contributed by atoms with Crippen molar-refractivity contribution in [1.29, 1.82) is 0 Å². The van der Waals surface area contributed by atoms with Crippen LogP contribution in [0.4, 0.5) is 9.18 Å². The molecule has 0 unspecified atom stereocenters.